The second-order valence-corrected chi connectivity index (χ2v) is 8.00. The number of benzene rings is 1. The molecule has 0 bridgehead atoms. The standard InChI is InChI=1S/C24H32N6O2.HI/c1-25-24(26-14-7-11-23-29-28-22-10-5-6-15-30(22)23)27-17-18-12-13-20(31-2)16-21(18)32-19-8-3-4-9-19;/h5-6,10,12-13,15-16,19H,3-4,7-9,11,14,17H2,1-2H3,(H2,25,26,27);1H. The number of hydrogen-bond acceptors (Lipinski definition) is 5. The van der Waals surface area contributed by atoms with E-state index >= 15 is 0 Å². The van der Waals surface area contributed by atoms with E-state index in [0.717, 1.165) is 66.7 Å². The third kappa shape index (κ3) is 6.72. The molecule has 2 N–H and O–H groups in total. The van der Waals surface area contributed by atoms with Gasteiger partial charge in [0.1, 0.15) is 17.3 Å². The fourth-order valence-corrected chi connectivity index (χ4v) is 4.02. The van der Waals surface area contributed by atoms with Crippen molar-refractivity contribution < 1.29 is 9.47 Å². The number of aliphatic imine (C=N–C) groups is 1. The van der Waals surface area contributed by atoms with Gasteiger partial charge in [0.25, 0.3) is 0 Å². The maximum Gasteiger partial charge on any atom is 0.191 e. The molecule has 0 spiro atoms. The number of ether oxygens (including phenoxy) is 2. The average molecular weight is 564 g/mol. The van der Waals surface area contributed by atoms with Gasteiger partial charge in [-0.1, -0.05) is 6.07 Å². The summed E-state index contributed by atoms with van der Waals surface area (Å²) < 4.78 is 13.7. The summed E-state index contributed by atoms with van der Waals surface area (Å²) in [4.78, 5) is 4.35. The Labute approximate surface area is 212 Å². The Morgan fingerprint density at radius 1 is 1.15 bits per heavy atom. The van der Waals surface area contributed by atoms with E-state index in [1.807, 2.05) is 40.9 Å². The molecule has 0 unspecified atom stereocenters. The molecule has 0 radical (unpaired) electrons. The maximum atomic E-state index is 6.29. The number of aryl methyl sites for hydroxylation is 1. The summed E-state index contributed by atoms with van der Waals surface area (Å²) in [5.74, 6) is 3.43. The van der Waals surface area contributed by atoms with Crippen molar-refractivity contribution in [2.75, 3.05) is 20.7 Å². The van der Waals surface area contributed by atoms with Gasteiger partial charge in [-0.25, -0.2) is 0 Å². The highest BCUT2D eigenvalue weighted by Gasteiger charge is 2.18. The number of pyridine rings is 1. The zero-order chi connectivity index (χ0) is 22.2. The largest absolute Gasteiger partial charge is 0.497 e. The van der Waals surface area contributed by atoms with Gasteiger partial charge in [-0.15, -0.1) is 34.2 Å². The smallest absolute Gasteiger partial charge is 0.191 e. The predicted octanol–water partition coefficient (Wildman–Crippen LogP) is 3.98. The maximum absolute atomic E-state index is 6.29. The molecule has 0 saturated heterocycles. The fourth-order valence-electron chi connectivity index (χ4n) is 4.02. The van der Waals surface area contributed by atoms with Crippen LogP contribution in [-0.2, 0) is 13.0 Å². The molecule has 0 atom stereocenters. The number of fused-ring (bicyclic) bond motifs is 1. The van der Waals surface area contributed by atoms with Gasteiger partial charge in [-0.3, -0.25) is 9.39 Å². The van der Waals surface area contributed by atoms with Gasteiger partial charge < -0.3 is 20.1 Å². The van der Waals surface area contributed by atoms with Crippen molar-refractivity contribution >= 4 is 35.6 Å². The number of guanidine groups is 1. The number of halogens is 1. The number of rotatable bonds is 9. The summed E-state index contributed by atoms with van der Waals surface area (Å²) >= 11 is 0. The van der Waals surface area contributed by atoms with E-state index in [2.05, 4.69) is 31.9 Å². The zero-order valence-corrected chi connectivity index (χ0v) is 21.6. The minimum absolute atomic E-state index is 0. The van der Waals surface area contributed by atoms with Crippen LogP contribution in [0.2, 0.25) is 0 Å². The highest BCUT2D eigenvalue weighted by molar-refractivity contribution is 14.0. The van der Waals surface area contributed by atoms with Crippen LogP contribution < -0.4 is 20.1 Å². The lowest BCUT2D eigenvalue weighted by Crippen LogP contribution is -2.37. The van der Waals surface area contributed by atoms with Gasteiger partial charge in [0, 0.05) is 44.4 Å². The normalized spacial score (nSPS) is 14.2. The number of aromatic nitrogens is 3. The summed E-state index contributed by atoms with van der Waals surface area (Å²) in [6, 6.07) is 11.9. The molecule has 33 heavy (non-hydrogen) atoms. The van der Waals surface area contributed by atoms with E-state index in [9.17, 15) is 0 Å². The van der Waals surface area contributed by atoms with E-state index in [4.69, 9.17) is 9.47 Å². The van der Waals surface area contributed by atoms with Crippen LogP contribution in [-0.4, -0.2) is 47.4 Å². The van der Waals surface area contributed by atoms with Crippen molar-refractivity contribution in [2.24, 2.45) is 4.99 Å². The van der Waals surface area contributed by atoms with Crippen LogP contribution in [0.3, 0.4) is 0 Å². The third-order valence-corrected chi connectivity index (χ3v) is 5.79. The Morgan fingerprint density at radius 3 is 2.79 bits per heavy atom. The summed E-state index contributed by atoms with van der Waals surface area (Å²) in [6.07, 6.45) is 8.78. The molecule has 1 saturated carbocycles. The molecule has 0 aliphatic heterocycles. The molecule has 178 valence electrons. The molecule has 8 nitrogen and oxygen atoms in total. The van der Waals surface area contributed by atoms with E-state index in [1.54, 1.807) is 14.2 Å². The summed E-state index contributed by atoms with van der Waals surface area (Å²) in [6.45, 7) is 1.41. The van der Waals surface area contributed by atoms with Crippen LogP contribution in [0.4, 0.5) is 0 Å². The Kier molecular flexibility index (Phi) is 9.59. The molecule has 1 fully saturated rings. The van der Waals surface area contributed by atoms with Gasteiger partial charge in [-0.05, 0) is 56.4 Å². The van der Waals surface area contributed by atoms with Crippen molar-refractivity contribution in [1.29, 1.82) is 0 Å². The van der Waals surface area contributed by atoms with Crippen molar-refractivity contribution in [1.82, 2.24) is 25.2 Å². The first kappa shape index (κ1) is 25.1. The molecular formula is C24H33IN6O2. The number of nitrogens with one attached hydrogen (secondary N) is 2. The van der Waals surface area contributed by atoms with E-state index in [1.165, 1.54) is 12.8 Å². The monoisotopic (exact) mass is 564 g/mol. The lowest BCUT2D eigenvalue weighted by molar-refractivity contribution is 0.207. The number of hydrogen-bond donors (Lipinski definition) is 2. The van der Waals surface area contributed by atoms with E-state index in [-0.39, 0.29) is 24.0 Å². The van der Waals surface area contributed by atoms with Crippen LogP contribution in [0.5, 0.6) is 11.5 Å². The first-order valence-corrected chi connectivity index (χ1v) is 11.3. The molecular weight excluding hydrogens is 531 g/mol. The Hall–Kier alpha value is -2.56. The molecule has 9 heteroatoms. The predicted molar refractivity (Wildman–Crippen MR) is 141 cm³/mol. The SMILES string of the molecule is CN=C(NCCCc1nnc2ccccn12)NCc1ccc(OC)cc1OC1CCCC1.I. The van der Waals surface area contributed by atoms with E-state index < -0.39 is 0 Å². The third-order valence-electron chi connectivity index (χ3n) is 5.79. The molecule has 0 amide bonds. The van der Waals surface area contributed by atoms with Crippen molar-refractivity contribution in [2.45, 2.75) is 51.2 Å². The van der Waals surface area contributed by atoms with Gasteiger partial charge in [0.2, 0.25) is 0 Å². The van der Waals surface area contributed by atoms with Crippen molar-refractivity contribution in [3.8, 4) is 11.5 Å². The number of nitrogens with zero attached hydrogens (tertiary/aromatic N) is 4. The number of methoxy groups -OCH3 is 1. The van der Waals surface area contributed by atoms with Gasteiger partial charge in [0.05, 0.1) is 13.2 Å². The highest BCUT2D eigenvalue weighted by atomic mass is 127. The molecule has 1 aliphatic carbocycles. The van der Waals surface area contributed by atoms with E-state index in [0.29, 0.717) is 12.6 Å². The summed E-state index contributed by atoms with van der Waals surface area (Å²) in [5, 5.41) is 15.3. The van der Waals surface area contributed by atoms with Crippen molar-refractivity contribution in [3.63, 3.8) is 0 Å². The van der Waals surface area contributed by atoms with Crippen LogP contribution in [0.25, 0.3) is 5.65 Å². The Bertz CT molecular complexity index is 1050. The lowest BCUT2D eigenvalue weighted by atomic mass is 10.2. The van der Waals surface area contributed by atoms with Gasteiger partial charge in [-0.2, -0.15) is 0 Å². The van der Waals surface area contributed by atoms with Crippen LogP contribution in [0.15, 0.2) is 47.6 Å². The second-order valence-electron chi connectivity index (χ2n) is 8.00. The van der Waals surface area contributed by atoms with Gasteiger partial charge >= 0.3 is 0 Å². The minimum Gasteiger partial charge on any atom is -0.497 e. The highest BCUT2D eigenvalue weighted by Crippen LogP contribution is 2.30. The first-order valence-electron chi connectivity index (χ1n) is 11.3. The molecule has 2 heterocycles. The topological polar surface area (TPSA) is 85.1 Å². The average Bonchev–Trinajstić information content (AvgIpc) is 3.49. The first-order chi connectivity index (χ1) is 15.8. The van der Waals surface area contributed by atoms with Crippen molar-refractivity contribution in [3.05, 3.63) is 54.0 Å². The zero-order valence-electron chi connectivity index (χ0n) is 19.3. The van der Waals surface area contributed by atoms with Crippen LogP contribution in [0.1, 0.15) is 43.5 Å². The van der Waals surface area contributed by atoms with Crippen LogP contribution >= 0.6 is 24.0 Å². The molecule has 4 rings (SSSR count). The minimum atomic E-state index is 0. The Balaban J connectivity index is 0.00000306. The molecule has 1 aliphatic rings. The van der Waals surface area contributed by atoms with Gasteiger partial charge in [0.15, 0.2) is 11.6 Å². The quantitative estimate of drug-likeness (QED) is 0.177. The fraction of sp³-hybridized carbons (Fsp3) is 0.458. The summed E-state index contributed by atoms with van der Waals surface area (Å²) in [5.41, 5.74) is 1.97. The van der Waals surface area contributed by atoms with Crippen LogP contribution in [0, 0.1) is 0 Å². The lowest BCUT2D eigenvalue weighted by Gasteiger charge is -2.19. The molecule has 2 aromatic heterocycles. The second kappa shape index (κ2) is 12.6. The summed E-state index contributed by atoms with van der Waals surface area (Å²) in [7, 11) is 3.46. The molecule has 3 aromatic rings. The Morgan fingerprint density at radius 2 is 2.00 bits per heavy atom. The molecule has 1 aromatic carbocycles.